The lowest BCUT2D eigenvalue weighted by molar-refractivity contribution is -0.123. The zero-order valence-electron chi connectivity index (χ0n) is 18.2. The molecule has 0 unspecified atom stereocenters. The number of rotatable bonds is 4. The van der Waals surface area contributed by atoms with Crippen molar-refractivity contribution in [1.82, 2.24) is 10.2 Å². The number of carbonyl (C=O) groups excluding carboxylic acids is 2. The number of nitrogens with one attached hydrogen (secondary N) is 1. The molecule has 0 radical (unpaired) electrons. The number of benzene rings is 2. The van der Waals surface area contributed by atoms with Crippen molar-refractivity contribution in [3.8, 4) is 0 Å². The molecule has 1 N–H and O–H groups in total. The van der Waals surface area contributed by atoms with Crippen LogP contribution in [0.25, 0.3) is 11.6 Å². The molecule has 160 valence electrons. The van der Waals surface area contributed by atoms with Gasteiger partial charge in [0, 0.05) is 22.8 Å². The highest BCUT2D eigenvalue weighted by molar-refractivity contribution is 6.30. The van der Waals surface area contributed by atoms with E-state index in [1.165, 1.54) is 16.2 Å². The number of hydrogen-bond donors (Lipinski definition) is 1. The van der Waals surface area contributed by atoms with Gasteiger partial charge in [0.1, 0.15) is 5.70 Å². The molecule has 1 saturated heterocycles. The summed E-state index contributed by atoms with van der Waals surface area (Å²) < 4.78 is 0. The normalized spacial score (nSPS) is 18.9. The number of anilines is 1. The molecule has 2 aliphatic rings. The molecule has 31 heavy (non-hydrogen) atoms. The van der Waals surface area contributed by atoms with Crippen LogP contribution in [-0.4, -0.2) is 28.9 Å². The van der Waals surface area contributed by atoms with Crippen LogP contribution < -0.4 is 10.2 Å². The monoisotopic (exact) mass is 435 g/mol. The Bertz CT molecular complexity index is 1120. The van der Waals surface area contributed by atoms with Crippen molar-refractivity contribution < 1.29 is 9.59 Å². The van der Waals surface area contributed by atoms with E-state index in [9.17, 15) is 9.59 Å². The summed E-state index contributed by atoms with van der Waals surface area (Å²) in [6.45, 7) is 9.78. The molecule has 2 aliphatic heterocycles. The van der Waals surface area contributed by atoms with Gasteiger partial charge in [-0.25, -0.2) is 4.79 Å². The van der Waals surface area contributed by atoms with Crippen molar-refractivity contribution in [2.45, 2.75) is 39.8 Å². The summed E-state index contributed by atoms with van der Waals surface area (Å²) in [6, 6.07) is 12.9. The Hall–Kier alpha value is -3.05. The van der Waals surface area contributed by atoms with E-state index < -0.39 is 6.03 Å². The lowest BCUT2D eigenvalue weighted by atomic mass is 9.88. The van der Waals surface area contributed by atoms with Gasteiger partial charge in [-0.15, -0.1) is 0 Å². The SMILES string of the molecule is CCN1c2ccc(/C=C3/NC(=O)N(Cc4ccc(Cl)cc4)C3=O)cc2C(C)=CC1(C)C. The van der Waals surface area contributed by atoms with Gasteiger partial charge in [0.05, 0.1) is 12.1 Å². The summed E-state index contributed by atoms with van der Waals surface area (Å²) in [5.41, 5.74) is 5.47. The lowest BCUT2D eigenvalue weighted by Gasteiger charge is -2.42. The lowest BCUT2D eigenvalue weighted by Crippen LogP contribution is -2.44. The number of allylic oxidation sites excluding steroid dienone is 1. The molecular weight excluding hydrogens is 410 g/mol. The van der Waals surface area contributed by atoms with Gasteiger partial charge in [-0.1, -0.05) is 35.9 Å². The first-order valence-electron chi connectivity index (χ1n) is 10.4. The van der Waals surface area contributed by atoms with Crippen LogP contribution in [0.4, 0.5) is 10.5 Å². The Balaban J connectivity index is 1.61. The maximum Gasteiger partial charge on any atom is 0.329 e. The number of fused-ring (bicyclic) bond motifs is 1. The average Bonchev–Trinajstić information content (AvgIpc) is 2.97. The number of urea groups is 1. The fourth-order valence-electron chi connectivity index (χ4n) is 4.42. The fraction of sp³-hybridized carbons (Fsp3) is 0.280. The molecule has 2 heterocycles. The van der Waals surface area contributed by atoms with Crippen molar-refractivity contribution in [3.63, 3.8) is 0 Å². The molecule has 4 rings (SSSR count). The van der Waals surface area contributed by atoms with E-state index in [1.807, 2.05) is 18.2 Å². The number of amides is 3. The molecule has 6 heteroatoms. The first-order valence-corrected chi connectivity index (χ1v) is 10.8. The Morgan fingerprint density at radius 3 is 2.48 bits per heavy atom. The zero-order chi connectivity index (χ0) is 22.3. The summed E-state index contributed by atoms with van der Waals surface area (Å²) in [5.74, 6) is -0.332. The summed E-state index contributed by atoms with van der Waals surface area (Å²) in [4.78, 5) is 28.8. The highest BCUT2D eigenvalue weighted by atomic mass is 35.5. The van der Waals surface area contributed by atoms with Crippen LogP contribution in [0.2, 0.25) is 5.02 Å². The summed E-state index contributed by atoms with van der Waals surface area (Å²) in [7, 11) is 0. The van der Waals surface area contributed by atoms with Crippen molar-refractivity contribution >= 4 is 40.9 Å². The van der Waals surface area contributed by atoms with Crippen LogP contribution in [0, 0.1) is 0 Å². The van der Waals surface area contributed by atoms with E-state index in [2.05, 4.69) is 56.1 Å². The third-order valence-corrected chi connectivity index (χ3v) is 6.10. The molecule has 5 nitrogen and oxygen atoms in total. The Morgan fingerprint density at radius 2 is 1.81 bits per heavy atom. The van der Waals surface area contributed by atoms with Crippen LogP contribution >= 0.6 is 11.6 Å². The van der Waals surface area contributed by atoms with Crippen molar-refractivity contribution in [3.05, 3.63) is 76.0 Å². The molecular formula is C25H26ClN3O2. The number of likely N-dealkylation sites (N-methyl/N-ethyl adjacent to an activating group) is 1. The van der Waals surface area contributed by atoms with Crippen molar-refractivity contribution in [2.75, 3.05) is 11.4 Å². The van der Waals surface area contributed by atoms with E-state index in [4.69, 9.17) is 11.6 Å². The number of nitrogens with zero attached hydrogens (tertiary/aromatic N) is 2. The van der Waals surface area contributed by atoms with E-state index in [0.717, 1.165) is 23.2 Å². The van der Waals surface area contributed by atoms with Crippen LogP contribution in [0.3, 0.4) is 0 Å². The van der Waals surface area contributed by atoms with Crippen molar-refractivity contribution in [2.24, 2.45) is 0 Å². The van der Waals surface area contributed by atoms with Gasteiger partial charge >= 0.3 is 6.03 Å². The number of hydrogen-bond acceptors (Lipinski definition) is 3. The average molecular weight is 436 g/mol. The summed E-state index contributed by atoms with van der Waals surface area (Å²) >= 11 is 5.92. The summed E-state index contributed by atoms with van der Waals surface area (Å²) in [6.07, 6.45) is 4.01. The van der Waals surface area contributed by atoms with E-state index in [-0.39, 0.29) is 23.7 Å². The minimum Gasteiger partial charge on any atom is -0.363 e. The smallest absolute Gasteiger partial charge is 0.329 e. The molecule has 0 spiro atoms. The molecule has 1 fully saturated rings. The Morgan fingerprint density at radius 1 is 1.10 bits per heavy atom. The molecule has 0 aromatic heterocycles. The number of imide groups is 1. The molecule has 3 amide bonds. The van der Waals surface area contributed by atoms with E-state index in [0.29, 0.717) is 5.02 Å². The quantitative estimate of drug-likeness (QED) is 0.512. The fourth-order valence-corrected chi connectivity index (χ4v) is 4.55. The first kappa shape index (κ1) is 21.2. The predicted molar refractivity (Wildman–Crippen MR) is 126 cm³/mol. The molecule has 0 aliphatic carbocycles. The highest BCUT2D eigenvalue weighted by Gasteiger charge is 2.34. The van der Waals surface area contributed by atoms with Gasteiger partial charge in [-0.2, -0.15) is 0 Å². The van der Waals surface area contributed by atoms with Crippen LogP contribution in [0.1, 0.15) is 44.4 Å². The van der Waals surface area contributed by atoms with Gasteiger partial charge in [0.2, 0.25) is 0 Å². The van der Waals surface area contributed by atoms with Gasteiger partial charge in [-0.3, -0.25) is 9.69 Å². The van der Waals surface area contributed by atoms with Crippen LogP contribution in [0.15, 0.2) is 54.2 Å². The van der Waals surface area contributed by atoms with Gasteiger partial charge in [0.25, 0.3) is 5.91 Å². The molecule has 0 bridgehead atoms. The van der Waals surface area contributed by atoms with Crippen LogP contribution in [0.5, 0.6) is 0 Å². The Labute approximate surface area is 188 Å². The summed E-state index contributed by atoms with van der Waals surface area (Å²) in [5, 5.41) is 3.32. The maximum atomic E-state index is 12.9. The second kappa shape index (κ2) is 7.89. The molecule has 2 aromatic carbocycles. The topological polar surface area (TPSA) is 52.7 Å². The first-order chi connectivity index (χ1) is 14.7. The van der Waals surface area contributed by atoms with Gasteiger partial charge < -0.3 is 10.2 Å². The maximum absolute atomic E-state index is 12.9. The molecule has 0 saturated carbocycles. The standard InChI is InChI=1S/C25H26ClN3O2/c1-5-29-22-11-8-18(12-20(22)16(2)14-25(29,3)4)13-21-23(30)28(24(31)27-21)15-17-6-9-19(26)10-7-17/h6-14H,5,15H2,1-4H3,(H,27,31)/b21-13+. The second-order valence-electron chi connectivity index (χ2n) is 8.51. The van der Waals surface area contributed by atoms with Crippen LogP contribution in [-0.2, 0) is 11.3 Å². The third kappa shape index (κ3) is 3.98. The number of halogens is 1. The minimum absolute atomic E-state index is 0.0522. The van der Waals surface area contributed by atoms with Gasteiger partial charge in [-0.05, 0) is 74.7 Å². The largest absolute Gasteiger partial charge is 0.363 e. The third-order valence-electron chi connectivity index (χ3n) is 5.85. The van der Waals surface area contributed by atoms with Crippen molar-refractivity contribution in [1.29, 1.82) is 0 Å². The second-order valence-corrected chi connectivity index (χ2v) is 8.94. The predicted octanol–water partition coefficient (Wildman–Crippen LogP) is 5.45. The highest BCUT2D eigenvalue weighted by Crippen LogP contribution is 2.39. The zero-order valence-corrected chi connectivity index (χ0v) is 19.0. The Kier molecular flexibility index (Phi) is 5.40. The number of carbonyl (C=O) groups is 2. The van der Waals surface area contributed by atoms with Gasteiger partial charge in [0.15, 0.2) is 0 Å². The van der Waals surface area contributed by atoms with E-state index in [1.54, 1.807) is 18.2 Å². The minimum atomic E-state index is -0.417. The molecule has 2 aromatic rings. The van der Waals surface area contributed by atoms with E-state index >= 15 is 0 Å². The molecule has 0 atom stereocenters.